The molecule has 1 aromatic heterocycles. The van der Waals surface area contributed by atoms with Gasteiger partial charge in [-0.05, 0) is 38.8 Å². The Hall–Kier alpha value is -1.93. The van der Waals surface area contributed by atoms with Gasteiger partial charge in [-0.15, -0.1) is 0 Å². The fourth-order valence-corrected chi connectivity index (χ4v) is 1.36. The number of rotatable bonds is 2. The molecule has 1 rings (SSSR count). The van der Waals surface area contributed by atoms with Crippen molar-refractivity contribution in [2.24, 2.45) is 0 Å². The lowest BCUT2D eigenvalue weighted by atomic mass is 10.2. The number of alkyl carbamates (subject to hydrolysis) is 1. The van der Waals surface area contributed by atoms with Gasteiger partial charge in [-0.2, -0.15) is 0 Å². The molecule has 0 unspecified atom stereocenters. The van der Waals surface area contributed by atoms with Gasteiger partial charge in [0, 0.05) is 13.0 Å². The van der Waals surface area contributed by atoms with Crippen molar-refractivity contribution in [3.05, 3.63) is 23.0 Å². The molecule has 0 aliphatic heterocycles. The first-order chi connectivity index (χ1) is 9.28. The average Bonchev–Trinajstić information content (AvgIpc) is 2.31. The number of ether oxygens (including phenoxy) is 1. The van der Waals surface area contributed by atoms with Gasteiger partial charge in [0.2, 0.25) is 0 Å². The largest absolute Gasteiger partial charge is 0.444 e. The Balaban J connectivity index is 2.36. The van der Waals surface area contributed by atoms with Gasteiger partial charge in [0.05, 0.1) is 5.69 Å². The van der Waals surface area contributed by atoms with E-state index in [-0.39, 0.29) is 5.15 Å². The number of pyridine rings is 1. The SMILES string of the molecule is CC(C)(C)OC(=O)NCCC#Cc1ccc(N)c(Cl)n1. The monoisotopic (exact) mass is 295 g/mol. The van der Waals surface area contributed by atoms with E-state index >= 15 is 0 Å². The highest BCUT2D eigenvalue weighted by Crippen LogP contribution is 2.14. The molecule has 3 N–H and O–H groups in total. The van der Waals surface area contributed by atoms with E-state index in [9.17, 15) is 4.79 Å². The first kappa shape index (κ1) is 16.1. The summed E-state index contributed by atoms with van der Waals surface area (Å²) in [6, 6.07) is 3.34. The van der Waals surface area contributed by atoms with E-state index in [1.807, 2.05) is 20.8 Å². The topological polar surface area (TPSA) is 77.2 Å². The van der Waals surface area contributed by atoms with E-state index in [2.05, 4.69) is 22.1 Å². The lowest BCUT2D eigenvalue weighted by molar-refractivity contribution is 0.0529. The molecule has 108 valence electrons. The number of amides is 1. The van der Waals surface area contributed by atoms with Crippen LogP contribution in [0.25, 0.3) is 0 Å². The van der Waals surface area contributed by atoms with E-state index in [1.165, 1.54) is 0 Å². The van der Waals surface area contributed by atoms with Crippen molar-refractivity contribution in [3.8, 4) is 11.8 Å². The van der Waals surface area contributed by atoms with Gasteiger partial charge in [0.25, 0.3) is 0 Å². The van der Waals surface area contributed by atoms with Crippen LogP contribution in [0.15, 0.2) is 12.1 Å². The van der Waals surface area contributed by atoms with Crippen molar-refractivity contribution in [2.75, 3.05) is 12.3 Å². The van der Waals surface area contributed by atoms with Crippen molar-refractivity contribution in [1.82, 2.24) is 10.3 Å². The predicted molar refractivity (Wildman–Crippen MR) is 79.4 cm³/mol. The number of carbonyl (C=O) groups is 1. The molecule has 0 aromatic carbocycles. The standard InChI is InChI=1S/C14H18ClN3O2/c1-14(2,3)20-13(19)17-9-5-4-6-10-7-8-11(16)12(15)18-10/h7-8H,5,9,16H2,1-3H3,(H,17,19). The molecular formula is C14H18ClN3O2. The maximum atomic E-state index is 11.3. The van der Waals surface area contributed by atoms with Crippen LogP contribution >= 0.6 is 11.6 Å². The number of nitrogens with one attached hydrogen (secondary N) is 1. The first-order valence-corrected chi connectivity index (χ1v) is 6.53. The highest BCUT2D eigenvalue weighted by Gasteiger charge is 2.15. The Morgan fingerprint density at radius 1 is 1.50 bits per heavy atom. The summed E-state index contributed by atoms with van der Waals surface area (Å²) < 4.78 is 5.09. The molecule has 20 heavy (non-hydrogen) atoms. The molecular weight excluding hydrogens is 278 g/mol. The van der Waals surface area contributed by atoms with Crippen LogP contribution in [0.1, 0.15) is 32.9 Å². The Morgan fingerprint density at radius 2 is 2.20 bits per heavy atom. The number of halogens is 1. The van der Waals surface area contributed by atoms with E-state index in [0.717, 1.165) is 0 Å². The molecule has 0 saturated heterocycles. The lowest BCUT2D eigenvalue weighted by Gasteiger charge is -2.19. The molecule has 0 aliphatic rings. The number of hydrogen-bond donors (Lipinski definition) is 2. The molecule has 0 saturated carbocycles. The number of hydrogen-bond acceptors (Lipinski definition) is 4. The molecule has 1 amide bonds. The van der Waals surface area contributed by atoms with Gasteiger partial charge in [-0.1, -0.05) is 17.5 Å². The summed E-state index contributed by atoms with van der Waals surface area (Å²) in [5.41, 5.74) is 6.01. The summed E-state index contributed by atoms with van der Waals surface area (Å²) in [4.78, 5) is 15.4. The zero-order chi connectivity index (χ0) is 15.2. The Kier molecular flexibility index (Phi) is 5.66. The number of nitrogens with two attached hydrogens (primary N) is 1. The van der Waals surface area contributed by atoms with Crippen LogP contribution in [0.2, 0.25) is 5.15 Å². The number of carbonyl (C=O) groups excluding carboxylic acids is 1. The van der Waals surface area contributed by atoms with Crippen LogP contribution in [0.3, 0.4) is 0 Å². The van der Waals surface area contributed by atoms with E-state index in [4.69, 9.17) is 22.1 Å². The van der Waals surface area contributed by atoms with Gasteiger partial charge < -0.3 is 15.8 Å². The number of anilines is 1. The normalized spacial score (nSPS) is 10.4. The number of nitrogen functional groups attached to an aromatic ring is 1. The van der Waals surface area contributed by atoms with Crippen LogP contribution in [-0.4, -0.2) is 23.2 Å². The molecule has 1 heterocycles. The van der Waals surface area contributed by atoms with E-state index in [1.54, 1.807) is 12.1 Å². The highest BCUT2D eigenvalue weighted by molar-refractivity contribution is 6.31. The lowest BCUT2D eigenvalue weighted by Crippen LogP contribution is -2.32. The molecule has 6 heteroatoms. The molecule has 1 aromatic rings. The maximum Gasteiger partial charge on any atom is 0.407 e. The Labute approximate surface area is 123 Å². The Bertz CT molecular complexity index is 542. The summed E-state index contributed by atoms with van der Waals surface area (Å²) in [5.74, 6) is 5.73. The fraction of sp³-hybridized carbons (Fsp3) is 0.429. The predicted octanol–water partition coefficient (Wildman–Crippen LogP) is 2.58. The molecule has 0 atom stereocenters. The summed E-state index contributed by atoms with van der Waals surface area (Å²) in [7, 11) is 0. The first-order valence-electron chi connectivity index (χ1n) is 6.16. The second-order valence-electron chi connectivity index (χ2n) is 5.06. The summed E-state index contributed by atoms with van der Waals surface area (Å²) in [6.07, 6.45) is 0.0380. The molecule has 0 radical (unpaired) electrons. The summed E-state index contributed by atoms with van der Waals surface area (Å²) in [6.45, 7) is 5.83. The molecule has 0 aliphatic carbocycles. The van der Waals surface area contributed by atoms with Crippen molar-refractivity contribution in [2.45, 2.75) is 32.8 Å². The third-order valence-electron chi connectivity index (χ3n) is 2.01. The average molecular weight is 296 g/mol. The third kappa shape index (κ3) is 6.30. The van der Waals surface area contributed by atoms with Crippen LogP contribution < -0.4 is 11.1 Å². The van der Waals surface area contributed by atoms with Gasteiger partial charge in [0.15, 0.2) is 5.15 Å². The Morgan fingerprint density at radius 3 is 2.80 bits per heavy atom. The quantitative estimate of drug-likeness (QED) is 0.499. The van der Waals surface area contributed by atoms with Gasteiger partial charge >= 0.3 is 6.09 Å². The minimum absolute atomic E-state index is 0.240. The summed E-state index contributed by atoms with van der Waals surface area (Å²) >= 11 is 5.78. The zero-order valence-electron chi connectivity index (χ0n) is 11.8. The van der Waals surface area contributed by atoms with Crippen LogP contribution in [0.5, 0.6) is 0 Å². The van der Waals surface area contributed by atoms with E-state index < -0.39 is 11.7 Å². The van der Waals surface area contributed by atoms with Gasteiger partial charge in [-0.3, -0.25) is 0 Å². The van der Waals surface area contributed by atoms with Crippen LogP contribution in [0, 0.1) is 11.8 Å². The van der Waals surface area contributed by atoms with Crippen molar-refractivity contribution in [3.63, 3.8) is 0 Å². The van der Waals surface area contributed by atoms with Crippen molar-refractivity contribution < 1.29 is 9.53 Å². The number of aromatic nitrogens is 1. The second kappa shape index (κ2) is 7.01. The maximum absolute atomic E-state index is 11.3. The molecule has 0 bridgehead atoms. The van der Waals surface area contributed by atoms with Gasteiger partial charge in [0.1, 0.15) is 11.3 Å². The third-order valence-corrected chi connectivity index (χ3v) is 2.31. The highest BCUT2D eigenvalue weighted by atomic mass is 35.5. The molecule has 0 fully saturated rings. The smallest absolute Gasteiger partial charge is 0.407 e. The zero-order valence-corrected chi connectivity index (χ0v) is 12.5. The molecule has 5 nitrogen and oxygen atoms in total. The minimum atomic E-state index is -0.500. The summed E-state index contributed by atoms with van der Waals surface area (Å²) in [5, 5.41) is 2.86. The fourth-order valence-electron chi connectivity index (χ4n) is 1.21. The second-order valence-corrected chi connectivity index (χ2v) is 5.41. The van der Waals surface area contributed by atoms with Crippen LogP contribution in [-0.2, 0) is 4.74 Å². The van der Waals surface area contributed by atoms with Crippen LogP contribution in [0.4, 0.5) is 10.5 Å². The van der Waals surface area contributed by atoms with Crippen molar-refractivity contribution >= 4 is 23.4 Å². The number of nitrogens with zero attached hydrogens (tertiary/aromatic N) is 1. The van der Waals surface area contributed by atoms with Crippen molar-refractivity contribution in [1.29, 1.82) is 0 Å². The minimum Gasteiger partial charge on any atom is -0.444 e. The van der Waals surface area contributed by atoms with E-state index in [0.29, 0.717) is 24.3 Å². The van der Waals surface area contributed by atoms with Gasteiger partial charge in [-0.25, -0.2) is 9.78 Å². The molecule has 0 spiro atoms.